The van der Waals surface area contributed by atoms with Gasteiger partial charge in [0.1, 0.15) is 11.5 Å². The summed E-state index contributed by atoms with van der Waals surface area (Å²) < 4.78 is 5.34. The lowest BCUT2D eigenvalue weighted by Crippen LogP contribution is -2.33. The maximum Gasteiger partial charge on any atom is 0.271 e. The fourth-order valence-corrected chi connectivity index (χ4v) is 1.79. The van der Waals surface area contributed by atoms with E-state index < -0.39 is 0 Å². The monoisotopic (exact) mass is 236 g/mol. The summed E-state index contributed by atoms with van der Waals surface area (Å²) in [6.45, 7) is 2.14. The number of hydrogen-bond donors (Lipinski definition) is 2. The number of nitrogen functional groups attached to an aromatic ring is 1. The van der Waals surface area contributed by atoms with Crippen molar-refractivity contribution in [2.75, 3.05) is 25.5 Å². The molecule has 1 aliphatic heterocycles. The first-order chi connectivity index (χ1) is 8.25. The Bertz CT molecular complexity index is 391. The number of amides is 1. The number of ether oxygens (including phenoxy) is 1. The van der Waals surface area contributed by atoms with Crippen molar-refractivity contribution in [2.45, 2.75) is 12.8 Å². The number of nitrogens with one attached hydrogen (secondary N) is 1. The van der Waals surface area contributed by atoms with Crippen LogP contribution in [0.25, 0.3) is 0 Å². The Hall–Kier alpha value is -1.69. The van der Waals surface area contributed by atoms with Gasteiger partial charge in [0, 0.05) is 13.2 Å². The van der Waals surface area contributed by atoms with Gasteiger partial charge in [-0.05, 0) is 18.8 Å². The van der Waals surface area contributed by atoms with Crippen molar-refractivity contribution >= 4 is 11.7 Å². The molecule has 1 aliphatic rings. The van der Waals surface area contributed by atoms with Gasteiger partial charge in [0.2, 0.25) is 0 Å². The van der Waals surface area contributed by atoms with E-state index >= 15 is 0 Å². The molecule has 1 fully saturated rings. The summed E-state index contributed by atoms with van der Waals surface area (Å²) in [5.74, 6) is 0.399. The topological polar surface area (TPSA) is 90.1 Å². The van der Waals surface area contributed by atoms with E-state index in [2.05, 4.69) is 15.3 Å². The van der Waals surface area contributed by atoms with Crippen LogP contribution in [0.2, 0.25) is 0 Å². The van der Waals surface area contributed by atoms with E-state index in [1.54, 1.807) is 0 Å². The molecule has 1 saturated heterocycles. The number of rotatable bonds is 3. The van der Waals surface area contributed by atoms with Gasteiger partial charge in [0.15, 0.2) is 0 Å². The second-order valence-electron chi connectivity index (χ2n) is 4.12. The summed E-state index contributed by atoms with van der Waals surface area (Å²) in [6.07, 6.45) is 4.95. The largest absolute Gasteiger partial charge is 0.382 e. The van der Waals surface area contributed by atoms with Crippen LogP contribution < -0.4 is 11.1 Å². The first-order valence-electron chi connectivity index (χ1n) is 5.69. The molecule has 0 spiro atoms. The van der Waals surface area contributed by atoms with E-state index in [0.29, 0.717) is 19.1 Å². The van der Waals surface area contributed by atoms with Crippen molar-refractivity contribution in [1.82, 2.24) is 15.3 Å². The van der Waals surface area contributed by atoms with Crippen LogP contribution in [0.5, 0.6) is 0 Å². The maximum atomic E-state index is 11.7. The van der Waals surface area contributed by atoms with Gasteiger partial charge >= 0.3 is 0 Å². The Balaban J connectivity index is 1.84. The zero-order valence-corrected chi connectivity index (χ0v) is 9.56. The lowest BCUT2D eigenvalue weighted by Gasteiger charge is -2.22. The van der Waals surface area contributed by atoms with Gasteiger partial charge in [-0.3, -0.25) is 9.78 Å². The molecule has 17 heavy (non-hydrogen) atoms. The lowest BCUT2D eigenvalue weighted by molar-refractivity contribution is 0.0535. The number of aromatic nitrogens is 2. The van der Waals surface area contributed by atoms with Crippen LogP contribution >= 0.6 is 0 Å². The molecule has 1 aromatic rings. The number of hydrogen-bond acceptors (Lipinski definition) is 5. The van der Waals surface area contributed by atoms with Crippen molar-refractivity contribution in [1.29, 1.82) is 0 Å². The highest BCUT2D eigenvalue weighted by Crippen LogP contribution is 2.12. The van der Waals surface area contributed by atoms with Crippen LogP contribution in [0.1, 0.15) is 23.3 Å². The van der Waals surface area contributed by atoms with Crippen molar-refractivity contribution in [2.24, 2.45) is 5.92 Å². The molecule has 0 radical (unpaired) electrons. The zero-order valence-electron chi connectivity index (χ0n) is 9.56. The Morgan fingerprint density at radius 1 is 1.59 bits per heavy atom. The molecule has 0 aliphatic carbocycles. The predicted octanol–water partition coefficient (Wildman–Crippen LogP) is 0.215. The smallest absolute Gasteiger partial charge is 0.271 e. The predicted molar refractivity (Wildman–Crippen MR) is 62.3 cm³/mol. The fourth-order valence-electron chi connectivity index (χ4n) is 1.79. The third-order valence-corrected chi connectivity index (χ3v) is 2.69. The average Bonchev–Trinajstić information content (AvgIpc) is 2.37. The van der Waals surface area contributed by atoms with E-state index in [0.717, 1.165) is 19.4 Å². The molecule has 1 atom stereocenters. The summed E-state index contributed by atoms with van der Waals surface area (Å²) in [5.41, 5.74) is 5.71. The number of anilines is 1. The number of nitrogens with two attached hydrogens (primary N) is 1. The van der Waals surface area contributed by atoms with Gasteiger partial charge in [0.05, 0.1) is 19.0 Å². The number of nitrogens with zero attached hydrogens (tertiary/aromatic N) is 2. The Morgan fingerprint density at radius 3 is 3.18 bits per heavy atom. The molecule has 1 aromatic heterocycles. The standard InChI is InChI=1S/C11H16N4O2/c12-10-6-13-5-9(15-10)11(16)14-4-8-2-1-3-17-7-8/h5-6,8H,1-4,7H2,(H2,12,15)(H,14,16). The molecule has 2 rings (SSSR count). The third-order valence-electron chi connectivity index (χ3n) is 2.69. The van der Waals surface area contributed by atoms with Crippen LogP contribution in [-0.4, -0.2) is 35.6 Å². The van der Waals surface area contributed by atoms with E-state index in [1.807, 2.05) is 0 Å². The normalized spacial score (nSPS) is 19.9. The maximum absolute atomic E-state index is 11.7. The van der Waals surface area contributed by atoms with Gasteiger partial charge in [-0.2, -0.15) is 0 Å². The van der Waals surface area contributed by atoms with Crippen LogP contribution in [0.4, 0.5) is 5.82 Å². The Labute approximate surface area is 99.6 Å². The van der Waals surface area contributed by atoms with Gasteiger partial charge < -0.3 is 15.8 Å². The molecule has 3 N–H and O–H groups in total. The number of carbonyl (C=O) groups excluding carboxylic acids is 1. The molecule has 1 unspecified atom stereocenters. The molecule has 6 nitrogen and oxygen atoms in total. The summed E-state index contributed by atoms with van der Waals surface area (Å²) >= 11 is 0. The fraction of sp³-hybridized carbons (Fsp3) is 0.545. The van der Waals surface area contributed by atoms with Gasteiger partial charge in [0.25, 0.3) is 5.91 Å². The second-order valence-corrected chi connectivity index (χ2v) is 4.12. The quantitative estimate of drug-likeness (QED) is 0.783. The first kappa shape index (κ1) is 11.8. The summed E-state index contributed by atoms with van der Waals surface area (Å²) in [4.78, 5) is 19.5. The summed E-state index contributed by atoms with van der Waals surface area (Å²) in [5, 5.41) is 2.82. The minimum Gasteiger partial charge on any atom is -0.382 e. The SMILES string of the molecule is Nc1cncc(C(=O)NCC2CCCOC2)n1. The van der Waals surface area contributed by atoms with E-state index in [1.165, 1.54) is 12.4 Å². The third kappa shape index (κ3) is 3.39. The first-order valence-corrected chi connectivity index (χ1v) is 5.69. The van der Waals surface area contributed by atoms with Gasteiger partial charge in [-0.15, -0.1) is 0 Å². The van der Waals surface area contributed by atoms with Crippen molar-refractivity contribution in [3.8, 4) is 0 Å². The summed E-state index contributed by atoms with van der Waals surface area (Å²) in [6, 6.07) is 0. The summed E-state index contributed by atoms with van der Waals surface area (Å²) in [7, 11) is 0. The zero-order chi connectivity index (χ0) is 12.1. The van der Waals surface area contributed by atoms with Crippen molar-refractivity contribution in [3.63, 3.8) is 0 Å². The van der Waals surface area contributed by atoms with Crippen LogP contribution in [-0.2, 0) is 4.74 Å². The second kappa shape index (κ2) is 5.58. The molecule has 0 aromatic carbocycles. The molecular weight excluding hydrogens is 220 g/mol. The van der Waals surface area contributed by atoms with Gasteiger partial charge in [-0.25, -0.2) is 4.98 Å². The molecule has 1 amide bonds. The Morgan fingerprint density at radius 2 is 2.47 bits per heavy atom. The highest BCUT2D eigenvalue weighted by atomic mass is 16.5. The molecule has 2 heterocycles. The van der Waals surface area contributed by atoms with Crippen LogP contribution in [0.3, 0.4) is 0 Å². The van der Waals surface area contributed by atoms with E-state index in [-0.39, 0.29) is 17.4 Å². The van der Waals surface area contributed by atoms with Crippen molar-refractivity contribution in [3.05, 3.63) is 18.1 Å². The van der Waals surface area contributed by atoms with E-state index in [9.17, 15) is 4.79 Å². The number of carbonyl (C=O) groups is 1. The molecule has 0 bridgehead atoms. The minimum absolute atomic E-state index is 0.240. The van der Waals surface area contributed by atoms with E-state index in [4.69, 9.17) is 10.5 Å². The Kier molecular flexibility index (Phi) is 3.87. The molecule has 0 saturated carbocycles. The highest BCUT2D eigenvalue weighted by molar-refractivity contribution is 5.92. The average molecular weight is 236 g/mol. The molecular formula is C11H16N4O2. The van der Waals surface area contributed by atoms with Crippen LogP contribution in [0.15, 0.2) is 12.4 Å². The molecule has 6 heteroatoms. The van der Waals surface area contributed by atoms with Gasteiger partial charge in [-0.1, -0.05) is 0 Å². The molecule has 92 valence electrons. The van der Waals surface area contributed by atoms with Crippen LogP contribution in [0, 0.1) is 5.92 Å². The highest BCUT2D eigenvalue weighted by Gasteiger charge is 2.15. The lowest BCUT2D eigenvalue weighted by atomic mass is 10.0. The minimum atomic E-state index is -0.240. The van der Waals surface area contributed by atoms with Crippen molar-refractivity contribution < 1.29 is 9.53 Å².